The average molecular weight is 617 g/mol. The normalized spacial score (nSPS) is 27.7. The van der Waals surface area contributed by atoms with Crippen molar-refractivity contribution < 1.29 is 19.1 Å². The van der Waals surface area contributed by atoms with Gasteiger partial charge in [-0.25, -0.2) is 0 Å². The highest BCUT2D eigenvalue weighted by molar-refractivity contribution is 6.99. The number of benzene rings is 2. The fourth-order valence-corrected chi connectivity index (χ4v) is 12.2. The lowest BCUT2D eigenvalue weighted by atomic mass is 9.64. The molecule has 0 amide bonds. The standard InChI is InChI=1S/C39H56O4Si/c1-27(2)32-24-23-28(3)33-25-29(17-16-22-35(40)36(26-34(32)33)42-37(41)38(4,5)6)43-44(39(7,8)9,30-18-12-10-13-19-30)31-20-14-11-15-21-31/h10-16,18-23,27,29,32-36,40H,17,24-26H2,1-9H3/b22-16-/t29-,32-,33+,34-,35+,36+/m1/s1. The first-order chi connectivity index (χ1) is 20.6. The molecule has 5 heteroatoms. The van der Waals surface area contributed by atoms with E-state index in [-0.39, 0.29) is 28.9 Å². The molecule has 240 valence electrons. The summed E-state index contributed by atoms with van der Waals surface area (Å²) in [4.78, 5) is 13.1. The van der Waals surface area contributed by atoms with Gasteiger partial charge in [0.2, 0.25) is 0 Å². The molecule has 0 fully saturated rings. The first kappa shape index (κ1) is 34.4. The predicted molar refractivity (Wildman–Crippen MR) is 185 cm³/mol. The Morgan fingerprint density at radius 2 is 1.45 bits per heavy atom. The molecule has 0 bridgehead atoms. The van der Waals surface area contributed by atoms with E-state index < -0.39 is 25.9 Å². The van der Waals surface area contributed by atoms with Crippen molar-refractivity contribution in [3.8, 4) is 0 Å². The predicted octanol–water partition coefficient (Wildman–Crippen LogP) is 7.85. The minimum atomic E-state index is -2.78. The molecule has 6 atom stereocenters. The van der Waals surface area contributed by atoms with E-state index >= 15 is 0 Å². The largest absolute Gasteiger partial charge is 0.459 e. The van der Waals surface area contributed by atoms with Gasteiger partial charge in [0.15, 0.2) is 0 Å². The van der Waals surface area contributed by atoms with Crippen LogP contribution in [0.5, 0.6) is 0 Å². The maximum atomic E-state index is 13.1. The molecule has 2 aromatic rings. The van der Waals surface area contributed by atoms with Crippen LogP contribution in [0.3, 0.4) is 0 Å². The molecule has 0 saturated carbocycles. The number of aliphatic hydroxyl groups is 1. The summed E-state index contributed by atoms with van der Waals surface area (Å²) in [5.41, 5.74) is 0.759. The van der Waals surface area contributed by atoms with Gasteiger partial charge in [0.05, 0.1) is 5.41 Å². The number of rotatable bonds is 6. The number of carbonyl (C=O) groups excluding carboxylic acids is 1. The van der Waals surface area contributed by atoms with Crippen molar-refractivity contribution in [2.45, 2.75) is 111 Å². The second kappa shape index (κ2) is 13.9. The van der Waals surface area contributed by atoms with Gasteiger partial charge in [0.1, 0.15) is 12.2 Å². The molecule has 4 rings (SSSR count). The molecule has 2 aliphatic carbocycles. The van der Waals surface area contributed by atoms with E-state index in [4.69, 9.17) is 9.16 Å². The second-order valence-electron chi connectivity index (χ2n) is 15.6. The van der Waals surface area contributed by atoms with E-state index in [0.29, 0.717) is 24.7 Å². The van der Waals surface area contributed by atoms with Crippen LogP contribution in [-0.2, 0) is 14.0 Å². The van der Waals surface area contributed by atoms with Crippen LogP contribution < -0.4 is 10.4 Å². The van der Waals surface area contributed by atoms with Gasteiger partial charge in [-0.15, -0.1) is 0 Å². The molecule has 0 unspecified atom stereocenters. The number of aliphatic hydroxyl groups excluding tert-OH is 1. The van der Waals surface area contributed by atoms with Gasteiger partial charge in [-0.05, 0) is 92.5 Å². The summed E-state index contributed by atoms with van der Waals surface area (Å²) >= 11 is 0. The van der Waals surface area contributed by atoms with E-state index in [0.717, 1.165) is 12.8 Å². The van der Waals surface area contributed by atoms with Gasteiger partial charge in [0.25, 0.3) is 8.32 Å². The monoisotopic (exact) mass is 616 g/mol. The number of fused-ring (bicyclic) bond motifs is 1. The van der Waals surface area contributed by atoms with Crippen molar-refractivity contribution in [1.82, 2.24) is 0 Å². The SMILES string of the molecule is CC1=CC[C@H](C(C)C)[C@H]2C[C@H](OC(=O)C(C)(C)C)[C@@H](O)/C=C\C[C@@H](O[Si](c3ccccc3)(c3ccccc3)C(C)(C)C)C[C@@H]12. The van der Waals surface area contributed by atoms with Crippen LogP contribution in [0.15, 0.2) is 84.5 Å². The first-order valence-electron chi connectivity index (χ1n) is 16.7. The third-order valence-electron chi connectivity index (χ3n) is 9.99. The van der Waals surface area contributed by atoms with Crippen LogP contribution in [0.25, 0.3) is 0 Å². The Morgan fingerprint density at radius 1 is 0.886 bits per heavy atom. The van der Waals surface area contributed by atoms with Crippen LogP contribution in [-0.4, -0.2) is 37.7 Å². The molecule has 44 heavy (non-hydrogen) atoms. The average Bonchev–Trinajstić information content (AvgIpc) is 2.96. The molecule has 2 aliphatic rings. The van der Waals surface area contributed by atoms with Gasteiger partial charge >= 0.3 is 5.97 Å². The van der Waals surface area contributed by atoms with E-state index in [1.165, 1.54) is 15.9 Å². The van der Waals surface area contributed by atoms with Gasteiger partial charge in [-0.3, -0.25) is 4.79 Å². The van der Waals surface area contributed by atoms with Gasteiger partial charge in [0, 0.05) is 6.10 Å². The summed E-state index contributed by atoms with van der Waals surface area (Å²) in [5.74, 6) is 1.18. The lowest BCUT2D eigenvalue weighted by molar-refractivity contribution is -0.165. The molecule has 2 aromatic carbocycles. The second-order valence-corrected chi connectivity index (χ2v) is 19.8. The number of hydrogen-bond acceptors (Lipinski definition) is 4. The van der Waals surface area contributed by atoms with Gasteiger partial charge < -0.3 is 14.3 Å². The van der Waals surface area contributed by atoms with E-state index in [9.17, 15) is 9.90 Å². The summed E-state index contributed by atoms with van der Waals surface area (Å²) in [6, 6.07) is 21.7. The summed E-state index contributed by atoms with van der Waals surface area (Å²) in [6.45, 7) is 19.5. The van der Waals surface area contributed by atoms with Crippen LogP contribution in [0.2, 0.25) is 5.04 Å². The smallest absolute Gasteiger partial charge is 0.311 e. The quantitative estimate of drug-likeness (QED) is 0.204. The maximum absolute atomic E-state index is 13.1. The number of hydrogen-bond donors (Lipinski definition) is 1. The van der Waals surface area contributed by atoms with Crippen molar-refractivity contribution in [3.63, 3.8) is 0 Å². The third kappa shape index (κ3) is 7.49. The topological polar surface area (TPSA) is 55.8 Å². The van der Waals surface area contributed by atoms with Crippen molar-refractivity contribution >= 4 is 24.7 Å². The molecule has 0 aromatic heterocycles. The lowest BCUT2D eigenvalue weighted by Gasteiger charge is -2.47. The molecule has 4 nitrogen and oxygen atoms in total. The van der Waals surface area contributed by atoms with Crippen LogP contribution in [0.4, 0.5) is 0 Å². The highest BCUT2D eigenvalue weighted by Crippen LogP contribution is 2.46. The lowest BCUT2D eigenvalue weighted by Crippen LogP contribution is -2.67. The summed E-state index contributed by atoms with van der Waals surface area (Å²) in [6.07, 6.45) is 8.07. The Bertz CT molecular complexity index is 1250. The number of allylic oxidation sites excluding steroid dienone is 2. The minimum absolute atomic E-state index is 0.0415. The summed E-state index contributed by atoms with van der Waals surface area (Å²) in [7, 11) is -2.78. The first-order valence-corrected chi connectivity index (χ1v) is 18.6. The van der Waals surface area contributed by atoms with Crippen LogP contribution >= 0.6 is 0 Å². The Balaban J connectivity index is 1.82. The fourth-order valence-electron chi connectivity index (χ4n) is 7.50. The zero-order chi connectivity index (χ0) is 32.3. The molecule has 0 saturated heterocycles. The zero-order valence-electron chi connectivity index (χ0n) is 28.5. The number of esters is 1. The molecular weight excluding hydrogens is 561 g/mol. The third-order valence-corrected chi connectivity index (χ3v) is 15.1. The molecule has 0 heterocycles. The van der Waals surface area contributed by atoms with Crippen molar-refractivity contribution in [1.29, 1.82) is 0 Å². The summed E-state index contributed by atoms with van der Waals surface area (Å²) < 4.78 is 13.8. The minimum Gasteiger partial charge on any atom is -0.459 e. The Kier molecular flexibility index (Phi) is 10.9. The fraction of sp³-hybridized carbons (Fsp3) is 0.564. The number of ether oxygens (including phenoxy) is 1. The van der Waals surface area contributed by atoms with Crippen LogP contribution in [0, 0.1) is 29.1 Å². The Morgan fingerprint density at radius 3 is 1.95 bits per heavy atom. The summed E-state index contributed by atoms with van der Waals surface area (Å²) in [5, 5.41) is 13.9. The zero-order valence-corrected chi connectivity index (χ0v) is 29.5. The Hall–Kier alpha value is -2.47. The maximum Gasteiger partial charge on any atom is 0.311 e. The van der Waals surface area contributed by atoms with Gasteiger partial charge in [-0.2, -0.15) is 0 Å². The van der Waals surface area contributed by atoms with Crippen molar-refractivity contribution in [3.05, 3.63) is 84.5 Å². The van der Waals surface area contributed by atoms with Gasteiger partial charge in [-0.1, -0.05) is 119 Å². The molecule has 0 spiro atoms. The van der Waals surface area contributed by atoms with E-state index in [1.807, 2.05) is 26.8 Å². The van der Waals surface area contributed by atoms with Crippen LogP contribution in [0.1, 0.15) is 88.0 Å². The highest BCUT2D eigenvalue weighted by atomic mass is 28.4. The molecular formula is C39H56O4Si. The molecule has 1 N–H and O–H groups in total. The highest BCUT2D eigenvalue weighted by Gasteiger charge is 2.52. The Labute approximate surface area is 268 Å². The number of carbonyl (C=O) groups is 1. The van der Waals surface area contributed by atoms with E-state index in [2.05, 4.69) is 114 Å². The van der Waals surface area contributed by atoms with Crippen molar-refractivity contribution in [2.24, 2.45) is 29.1 Å². The van der Waals surface area contributed by atoms with Crippen molar-refractivity contribution in [2.75, 3.05) is 0 Å². The van der Waals surface area contributed by atoms with E-state index in [1.54, 1.807) is 0 Å². The molecule has 0 aliphatic heterocycles. The molecule has 0 radical (unpaired) electrons.